The minimum absolute atomic E-state index is 0.0670. The number of benzene rings is 4. The summed E-state index contributed by atoms with van der Waals surface area (Å²) < 4.78 is 9.52. The molecule has 0 heterocycles. The van der Waals surface area contributed by atoms with E-state index in [0.29, 0.717) is 33.6 Å². The molecule has 10 nitrogen and oxygen atoms in total. The average Bonchev–Trinajstić information content (AvgIpc) is 3.07. The molecule has 4 aromatic carbocycles. The summed E-state index contributed by atoms with van der Waals surface area (Å²) in [6.45, 7) is 13.5. The topological polar surface area (TPSA) is 115 Å². The van der Waals surface area contributed by atoms with Crippen molar-refractivity contribution in [1.82, 2.24) is 11.0 Å². The lowest BCUT2D eigenvalue weighted by Crippen LogP contribution is -2.19. The van der Waals surface area contributed by atoms with Crippen LogP contribution in [-0.4, -0.2) is 31.3 Å². The Morgan fingerprint density at radius 1 is 0.609 bits per heavy atom. The van der Waals surface area contributed by atoms with Crippen LogP contribution in [0.2, 0.25) is 0 Å². The number of anilines is 3. The standard InChI is InChI=1S/C36H35N3O7/c1-6-43-35(41)45-37-25(4)27-11-17-31(18-12-27)39(32-19-13-28(14-20-32)26(5)38-46-36(42)44-7-2)33-21-15-29(16-22-33)34(40)30-10-8-9-24(3)23-30/h8-23,37-38H,4-7H2,1-3H3. The van der Waals surface area contributed by atoms with Crippen LogP contribution in [0.3, 0.4) is 0 Å². The Morgan fingerprint density at radius 3 is 1.41 bits per heavy atom. The van der Waals surface area contributed by atoms with Crippen molar-refractivity contribution in [3.05, 3.63) is 138 Å². The van der Waals surface area contributed by atoms with Crippen molar-refractivity contribution in [2.24, 2.45) is 0 Å². The quantitative estimate of drug-likeness (QED) is 0.0864. The van der Waals surface area contributed by atoms with Gasteiger partial charge in [0, 0.05) is 39.3 Å². The van der Waals surface area contributed by atoms with Crippen molar-refractivity contribution in [3.63, 3.8) is 0 Å². The van der Waals surface area contributed by atoms with Crippen LogP contribution in [0.25, 0.3) is 11.4 Å². The highest BCUT2D eigenvalue weighted by atomic mass is 16.8. The lowest BCUT2D eigenvalue weighted by molar-refractivity contribution is 0.0358. The summed E-state index contributed by atoms with van der Waals surface area (Å²) in [5, 5.41) is 0. The SMILES string of the molecule is C=C(NOC(=O)OCC)c1ccc(N(c2ccc(C(=C)NOC(=O)OCC)cc2)c2ccc(C(=O)c3cccc(C)c3)cc2)cc1. The molecule has 10 heteroatoms. The van der Waals surface area contributed by atoms with E-state index in [4.69, 9.17) is 19.1 Å². The van der Waals surface area contributed by atoms with Gasteiger partial charge in [-0.2, -0.15) is 0 Å². The Labute approximate surface area is 267 Å². The summed E-state index contributed by atoms with van der Waals surface area (Å²) in [6, 6.07) is 29.7. The maximum atomic E-state index is 13.2. The van der Waals surface area contributed by atoms with E-state index in [2.05, 4.69) is 24.1 Å². The van der Waals surface area contributed by atoms with Gasteiger partial charge in [-0.05, 0) is 75.4 Å². The van der Waals surface area contributed by atoms with Crippen molar-refractivity contribution >= 4 is 46.6 Å². The minimum atomic E-state index is -0.857. The fourth-order valence-corrected chi connectivity index (χ4v) is 4.40. The maximum absolute atomic E-state index is 13.2. The molecule has 0 aliphatic carbocycles. The highest BCUT2D eigenvalue weighted by molar-refractivity contribution is 6.09. The molecule has 0 atom stereocenters. The Morgan fingerprint density at radius 2 is 1.02 bits per heavy atom. The molecule has 0 unspecified atom stereocenters. The Kier molecular flexibility index (Phi) is 11.2. The van der Waals surface area contributed by atoms with Gasteiger partial charge in [0.15, 0.2) is 5.78 Å². The number of hydroxylamine groups is 2. The molecule has 0 saturated carbocycles. The number of ether oxygens (including phenoxy) is 2. The van der Waals surface area contributed by atoms with Crippen LogP contribution in [0.1, 0.15) is 46.5 Å². The van der Waals surface area contributed by atoms with Gasteiger partial charge in [-0.3, -0.25) is 4.79 Å². The largest absolute Gasteiger partial charge is 0.533 e. The van der Waals surface area contributed by atoms with Crippen LogP contribution < -0.4 is 15.9 Å². The summed E-state index contributed by atoms with van der Waals surface area (Å²) in [7, 11) is 0. The third-order valence-electron chi connectivity index (χ3n) is 6.66. The zero-order chi connectivity index (χ0) is 33.1. The van der Waals surface area contributed by atoms with Crippen molar-refractivity contribution < 1.29 is 33.5 Å². The predicted octanol–water partition coefficient (Wildman–Crippen LogP) is 7.99. The first kappa shape index (κ1) is 32.9. The molecular weight excluding hydrogens is 586 g/mol. The van der Waals surface area contributed by atoms with Crippen molar-refractivity contribution in [3.8, 4) is 0 Å². The molecule has 0 aliphatic heterocycles. The van der Waals surface area contributed by atoms with Crippen molar-refractivity contribution in [2.75, 3.05) is 18.1 Å². The van der Waals surface area contributed by atoms with Gasteiger partial charge in [0.2, 0.25) is 0 Å². The number of hydrogen-bond acceptors (Lipinski definition) is 10. The van der Waals surface area contributed by atoms with Crippen LogP contribution in [0.4, 0.5) is 26.7 Å². The molecule has 46 heavy (non-hydrogen) atoms. The van der Waals surface area contributed by atoms with E-state index in [1.165, 1.54) is 0 Å². The van der Waals surface area contributed by atoms with Crippen LogP contribution in [-0.2, 0) is 19.1 Å². The summed E-state index contributed by atoms with van der Waals surface area (Å²) in [4.78, 5) is 48.0. The zero-order valence-corrected chi connectivity index (χ0v) is 25.9. The smallest absolute Gasteiger partial charge is 0.433 e. The lowest BCUT2D eigenvalue weighted by atomic mass is 10.0. The van der Waals surface area contributed by atoms with Gasteiger partial charge in [-0.25, -0.2) is 20.5 Å². The van der Waals surface area contributed by atoms with E-state index in [1.54, 1.807) is 32.0 Å². The van der Waals surface area contributed by atoms with E-state index < -0.39 is 12.3 Å². The second-order valence-electron chi connectivity index (χ2n) is 9.91. The summed E-state index contributed by atoms with van der Waals surface area (Å²) >= 11 is 0. The molecule has 4 rings (SSSR count). The van der Waals surface area contributed by atoms with Crippen LogP contribution in [0.15, 0.2) is 110 Å². The van der Waals surface area contributed by atoms with E-state index in [0.717, 1.165) is 22.6 Å². The molecule has 0 aromatic heterocycles. The van der Waals surface area contributed by atoms with Crippen LogP contribution in [0.5, 0.6) is 0 Å². The zero-order valence-electron chi connectivity index (χ0n) is 25.9. The van der Waals surface area contributed by atoms with Gasteiger partial charge in [0.05, 0.1) is 24.6 Å². The number of hydrogen-bond donors (Lipinski definition) is 2. The van der Waals surface area contributed by atoms with Gasteiger partial charge in [0.1, 0.15) is 0 Å². The van der Waals surface area contributed by atoms with Gasteiger partial charge < -0.3 is 24.0 Å². The van der Waals surface area contributed by atoms with Crippen molar-refractivity contribution in [1.29, 1.82) is 0 Å². The number of carbonyl (C=O) groups is 3. The first-order chi connectivity index (χ1) is 22.2. The summed E-state index contributed by atoms with van der Waals surface area (Å²) in [5.74, 6) is -0.0670. The van der Waals surface area contributed by atoms with Crippen LogP contribution >= 0.6 is 0 Å². The Hall–Kier alpha value is -6.03. The number of aryl methyl sites for hydroxylation is 1. The fourth-order valence-electron chi connectivity index (χ4n) is 4.40. The molecule has 0 radical (unpaired) electrons. The molecule has 0 spiro atoms. The Bertz CT molecular complexity index is 1620. The molecule has 0 saturated heterocycles. The molecule has 0 fully saturated rings. The van der Waals surface area contributed by atoms with E-state index in [9.17, 15) is 14.4 Å². The fraction of sp³-hybridized carbons (Fsp3) is 0.139. The minimum Gasteiger partial charge on any atom is -0.433 e. The van der Waals surface area contributed by atoms with E-state index in [-0.39, 0.29) is 19.0 Å². The first-order valence-corrected chi connectivity index (χ1v) is 14.5. The second kappa shape index (κ2) is 15.6. The molecule has 236 valence electrons. The van der Waals surface area contributed by atoms with Gasteiger partial charge >= 0.3 is 12.3 Å². The number of rotatable bonds is 13. The normalized spacial score (nSPS) is 10.2. The molecule has 0 amide bonds. The number of nitrogens with zero attached hydrogens (tertiary/aromatic N) is 1. The van der Waals surface area contributed by atoms with Crippen molar-refractivity contribution in [2.45, 2.75) is 20.8 Å². The van der Waals surface area contributed by atoms with Gasteiger partial charge in [0.25, 0.3) is 0 Å². The molecule has 2 N–H and O–H groups in total. The highest BCUT2D eigenvalue weighted by Gasteiger charge is 2.16. The molecule has 0 aliphatic rings. The third-order valence-corrected chi connectivity index (χ3v) is 6.66. The first-order valence-electron chi connectivity index (χ1n) is 14.5. The van der Waals surface area contributed by atoms with E-state index in [1.807, 2.05) is 90.7 Å². The highest BCUT2D eigenvalue weighted by Crippen LogP contribution is 2.35. The molecule has 4 aromatic rings. The van der Waals surface area contributed by atoms with Gasteiger partial charge in [-0.15, -0.1) is 0 Å². The third kappa shape index (κ3) is 8.54. The molecule has 0 bridgehead atoms. The Balaban J connectivity index is 1.61. The number of ketones is 1. The number of carbonyl (C=O) groups excluding carboxylic acids is 3. The second-order valence-corrected chi connectivity index (χ2v) is 9.91. The lowest BCUT2D eigenvalue weighted by Gasteiger charge is -2.26. The van der Waals surface area contributed by atoms with Gasteiger partial charge in [-0.1, -0.05) is 61.2 Å². The van der Waals surface area contributed by atoms with Crippen LogP contribution in [0, 0.1) is 6.92 Å². The van der Waals surface area contributed by atoms with E-state index >= 15 is 0 Å². The number of nitrogens with one attached hydrogen (secondary N) is 2. The average molecular weight is 622 g/mol. The molecular formula is C36H35N3O7. The maximum Gasteiger partial charge on any atom is 0.533 e. The summed E-state index contributed by atoms with van der Waals surface area (Å²) in [5.41, 5.74) is 11.7. The predicted molar refractivity (Wildman–Crippen MR) is 176 cm³/mol. The summed E-state index contributed by atoms with van der Waals surface area (Å²) in [6.07, 6.45) is -1.71. The monoisotopic (exact) mass is 621 g/mol.